The third-order valence-corrected chi connectivity index (χ3v) is 6.94. The lowest BCUT2D eigenvalue weighted by molar-refractivity contribution is -0.142. The second-order valence-corrected chi connectivity index (χ2v) is 9.24. The molecule has 0 saturated carbocycles. The lowest BCUT2D eigenvalue weighted by Gasteiger charge is -2.17. The number of rotatable bonds is 6. The van der Waals surface area contributed by atoms with Crippen LogP contribution in [-0.2, 0) is 24.4 Å². The van der Waals surface area contributed by atoms with Crippen molar-refractivity contribution < 1.29 is 27.5 Å². The third kappa shape index (κ3) is 3.90. The molecule has 0 radical (unpaired) electrons. The Hall–Kier alpha value is -2.72. The van der Waals surface area contributed by atoms with Crippen molar-refractivity contribution in [2.75, 3.05) is 33.1 Å². The molecule has 0 aromatic heterocycles. The first-order valence-electron chi connectivity index (χ1n) is 9.07. The lowest BCUT2D eigenvalue weighted by Crippen LogP contribution is -2.38. The SMILES string of the molecule is COc1ccc(NC(=O)CN2C(=O)[C@@H]3CC=CC[C@H]3C2=O)cc1S(=O)(=O)N(C)C. The van der Waals surface area contributed by atoms with Crippen molar-refractivity contribution in [3.63, 3.8) is 0 Å². The van der Waals surface area contributed by atoms with E-state index in [1.807, 2.05) is 12.2 Å². The Kier molecular flexibility index (Phi) is 5.76. The van der Waals surface area contributed by atoms with Gasteiger partial charge in [-0.05, 0) is 31.0 Å². The van der Waals surface area contributed by atoms with Crippen LogP contribution in [-0.4, -0.2) is 63.1 Å². The number of methoxy groups -OCH3 is 1. The van der Waals surface area contributed by atoms with E-state index in [0.29, 0.717) is 12.8 Å². The van der Waals surface area contributed by atoms with Crippen LogP contribution in [0.15, 0.2) is 35.2 Å². The van der Waals surface area contributed by atoms with Crippen molar-refractivity contribution in [1.29, 1.82) is 0 Å². The first-order valence-corrected chi connectivity index (χ1v) is 10.5. The summed E-state index contributed by atoms with van der Waals surface area (Å²) in [5.41, 5.74) is 0.217. The summed E-state index contributed by atoms with van der Waals surface area (Å²) in [4.78, 5) is 38.3. The monoisotopic (exact) mass is 421 g/mol. The molecule has 1 saturated heterocycles. The molecular formula is C19H23N3O6S. The zero-order valence-electron chi connectivity index (χ0n) is 16.4. The number of fused-ring (bicyclic) bond motifs is 1. The number of nitrogens with one attached hydrogen (secondary N) is 1. The zero-order chi connectivity index (χ0) is 21.3. The number of sulfonamides is 1. The van der Waals surface area contributed by atoms with Gasteiger partial charge in [0.1, 0.15) is 17.2 Å². The minimum atomic E-state index is -3.80. The van der Waals surface area contributed by atoms with E-state index in [-0.39, 0.29) is 28.1 Å². The van der Waals surface area contributed by atoms with Crippen LogP contribution >= 0.6 is 0 Å². The fraction of sp³-hybridized carbons (Fsp3) is 0.421. The molecule has 1 aromatic rings. The number of hydrogen-bond acceptors (Lipinski definition) is 6. The van der Waals surface area contributed by atoms with Gasteiger partial charge in [-0.25, -0.2) is 12.7 Å². The summed E-state index contributed by atoms with van der Waals surface area (Å²) < 4.78 is 31.1. The maximum absolute atomic E-state index is 12.5. The molecule has 156 valence electrons. The Morgan fingerprint density at radius 1 is 1.17 bits per heavy atom. The molecule has 0 spiro atoms. The summed E-state index contributed by atoms with van der Waals surface area (Å²) >= 11 is 0. The molecule has 0 bridgehead atoms. The molecule has 10 heteroatoms. The minimum Gasteiger partial charge on any atom is -0.495 e. The van der Waals surface area contributed by atoms with Crippen LogP contribution in [0.4, 0.5) is 5.69 Å². The van der Waals surface area contributed by atoms with Crippen molar-refractivity contribution in [3.8, 4) is 5.75 Å². The highest BCUT2D eigenvalue weighted by Crippen LogP contribution is 2.35. The second-order valence-electron chi connectivity index (χ2n) is 7.12. The average Bonchev–Trinajstić information content (AvgIpc) is 2.93. The summed E-state index contributed by atoms with van der Waals surface area (Å²) in [6.07, 6.45) is 4.75. The maximum atomic E-state index is 12.5. The minimum absolute atomic E-state index is 0.104. The van der Waals surface area contributed by atoms with E-state index >= 15 is 0 Å². The Morgan fingerprint density at radius 3 is 2.28 bits per heavy atom. The first-order chi connectivity index (χ1) is 13.7. The lowest BCUT2D eigenvalue weighted by atomic mass is 9.85. The number of likely N-dealkylation sites (tertiary alicyclic amines) is 1. The van der Waals surface area contributed by atoms with E-state index in [9.17, 15) is 22.8 Å². The van der Waals surface area contributed by atoms with Gasteiger partial charge in [0.2, 0.25) is 27.7 Å². The molecule has 2 atom stereocenters. The number of ether oxygens (including phenoxy) is 1. The molecule has 9 nitrogen and oxygen atoms in total. The van der Waals surface area contributed by atoms with E-state index in [1.165, 1.54) is 39.4 Å². The normalized spacial score (nSPS) is 21.4. The number of benzene rings is 1. The number of carbonyl (C=O) groups is 3. The van der Waals surface area contributed by atoms with E-state index in [1.54, 1.807) is 0 Å². The molecule has 1 aliphatic heterocycles. The van der Waals surface area contributed by atoms with Gasteiger partial charge in [0.15, 0.2) is 0 Å². The molecule has 3 rings (SSSR count). The highest BCUT2D eigenvalue weighted by Gasteiger charge is 2.47. The highest BCUT2D eigenvalue weighted by atomic mass is 32.2. The van der Waals surface area contributed by atoms with E-state index in [4.69, 9.17) is 4.74 Å². The van der Waals surface area contributed by atoms with E-state index < -0.39 is 34.3 Å². The predicted octanol–water partition coefficient (Wildman–Crippen LogP) is 0.835. The zero-order valence-corrected chi connectivity index (χ0v) is 17.2. The van der Waals surface area contributed by atoms with Gasteiger partial charge in [-0.1, -0.05) is 12.2 Å². The maximum Gasteiger partial charge on any atom is 0.246 e. The van der Waals surface area contributed by atoms with Gasteiger partial charge in [-0.2, -0.15) is 0 Å². The molecule has 1 fully saturated rings. The molecule has 3 amide bonds. The van der Waals surface area contributed by atoms with E-state index in [2.05, 4.69) is 5.32 Å². The van der Waals surface area contributed by atoms with Crippen LogP contribution in [0.2, 0.25) is 0 Å². The number of nitrogens with zero attached hydrogens (tertiary/aromatic N) is 2. The van der Waals surface area contributed by atoms with Crippen LogP contribution in [0.3, 0.4) is 0 Å². The van der Waals surface area contributed by atoms with Crippen LogP contribution in [0.1, 0.15) is 12.8 Å². The molecule has 2 aliphatic rings. The second kappa shape index (κ2) is 7.96. The molecule has 1 aromatic carbocycles. The summed E-state index contributed by atoms with van der Waals surface area (Å²) in [7, 11) is 0.323. The van der Waals surface area contributed by atoms with Crippen molar-refractivity contribution in [1.82, 2.24) is 9.21 Å². The topological polar surface area (TPSA) is 113 Å². The van der Waals surface area contributed by atoms with Crippen LogP contribution in [0.5, 0.6) is 5.75 Å². The van der Waals surface area contributed by atoms with Gasteiger partial charge < -0.3 is 10.1 Å². The third-order valence-electron chi connectivity index (χ3n) is 5.11. The van der Waals surface area contributed by atoms with Crippen LogP contribution in [0.25, 0.3) is 0 Å². The van der Waals surface area contributed by atoms with Crippen LogP contribution in [0, 0.1) is 11.8 Å². The fourth-order valence-corrected chi connectivity index (χ4v) is 4.60. The summed E-state index contributed by atoms with van der Waals surface area (Å²) in [5, 5.41) is 2.55. The first kappa shape index (κ1) is 21.0. The van der Waals surface area contributed by atoms with Crippen molar-refractivity contribution in [2.24, 2.45) is 11.8 Å². The number of carbonyl (C=O) groups excluding carboxylic acids is 3. The van der Waals surface area contributed by atoms with Crippen molar-refractivity contribution >= 4 is 33.4 Å². The number of allylic oxidation sites excluding steroid dienone is 2. The van der Waals surface area contributed by atoms with Crippen LogP contribution < -0.4 is 10.1 Å². The number of anilines is 1. The Labute approximate surface area is 169 Å². The fourth-order valence-electron chi connectivity index (χ4n) is 3.52. The molecule has 0 unspecified atom stereocenters. The Morgan fingerprint density at radius 2 is 1.76 bits per heavy atom. The molecule has 1 heterocycles. The highest BCUT2D eigenvalue weighted by molar-refractivity contribution is 7.89. The molecule has 29 heavy (non-hydrogen) atoms. The van der Waals surface area contributed by atoms with Gasteiger partial charge >= 0.3 is 0 Å². The van der Waals surface area contributed by atoms with Gasteiger partial charge in [-0.15, -0.1) is 0 Å². The average molecular weight is 421 g/mol. The quantitative estimate of drug-likeness (QED) is 0.538. The standard InChI is InChI=1S/C19H23N3O6S/c1-21(2)29(26,27)16-10-12(8-9-15(16)28-3)20-17(23)11-22-18(24)13-6-4-5-7-14(13)19(22)25/h4-5,8-10,13-14H,6-7,11H2,1-3H3,(H,20,23)/t13-,14-/m1/s1. The number of amides is 3. The Balaban J connectivity index is 1.76. The van der Waals surface area contributed by atoms with Crippen molar-refractivity contribution in [3.05, 3.63) is 30.4 Å². The van der Waals surface area contributed by atoms with Gasteiger partial charge in [-0.3, -0.25) is 19.3 Å². The smallest absolute Gasteiger partial charge is 0.246 e. The van der Waals surface area contributed by atoms with Crippen molar-refractivity contribution in [2.45, 2.75) is 17.7 Å². The number of imide groups is 1. The van der Waals surface area contributed by atoms with Gasteiger partial charge in [0, 0.05) is 19.8 Å². The van der Waals surface area contributed by atoms with Gasteiger partial charge in [0.05, 0.1) is 18.9 Å². The molecule has 1 N–H and O–H groups in total. The predicted molar refractivity (Wildman–Crippen MR) is 105 cm³/mol. The summed E-state index contributed by atoms with van der Waals surface area (Å²) in [5.74, 6) is -1.94. The molecular weight excluding hydrogens is 398 g/mol. The Bertz CT molecular complexity index is 960. The number of hydrogen-bond donors (Lipinski definition) is 1. The summed E-state index contributed by atoms with van der Waals surface area (Å²) in [6, 6.07) is 4.20. The van der Waals surface area contributed by atoms with Gasteiger partial charge in [0.25, 0.3) is 0 Å². The largest absolute Gasteiger partial charge is 0.495 e. The molecule has 1 aliphatic carbocycles. The summed E-state index contributed by atoms with van der Waals surface area (Å²) in [6.45, 7) is -0.410. The van der Waals surface area contributed by atoms with E-state index in [0.717, 1.165) is 9.21 Å².